The molecule has 9 heteroatoms. The number of carbonyl (C=O) groups excluding carboxylic acids is 1. The van der Waals surface area contributed by atoms with E-state index in [1.807, 2.05) is 0 Å². The van der Waals surface area contributed by atoms with Gasteiger partial charge >= 0.3 is 0 Å². The number of fused-ring (bicyclic) bond motifs is 1. The van der Waals surface area contributed by atoms with E-state index in [1.165, 1.54) is 5.56 Å². The van der Waals surface area contributed by atoms with Gasteiger partial charge in [-0.2, -0.15) is 0 Å². The first-order valence-corrected chi connectivity index (χ1v) is 16.2. The van der Waals surface area contributed by atoms with Gasteiger partial charge in [-0.05, 0) is 62.1 Å². The molecule has 9 nitrogen and oxygen atoms in total. The molecule has 4 aliphatic rings. The Morgan fingerprint density at radius 1 is 1.12 bits per heavy atom. The van der Waals surface area contributed by atoms with Crippen LogP contribution < -0.4 is 20.3 Å². The van der Waals surface area contributed by atoms with Crippen molar-refractivity contribution in [3.05, 3.63) is 23.8 Å². The number of hydrogen-bond acceptors (Lipinski definition) is 8. The molecule has 0 aliphatic carbocycles. The summed E-state index contributed by atoms with van der Waals surface area (Å²) in [7, 11) is 1.76. The lowest BCUT2D eigenvalue weighted by molar-refractivity contribution is -0.130. The molecule has 0 aromatic heterocycles. The zero-order chi connectivity index (χ0) is 29.4. The highest BCUT2D eigenvalue weighted by Crippen LogP contribution is 2.41. The summed E-state index contributed by atoms with van der Waals surface area (Å²) < 4.78 is 29.4. The second-order valence-corrected chi connectivity index (χ2v) is 13.4. The Morgan fingerprint density at radius 2 is 1.90 bits per heavy atom. The number of hydrogen-bond donors (Lipinski definition) is 2. The molecule has 42 heavy (non-hydrogen) atoms. The maximum absolute atomic E-state index is 13.0. The van der Waals surface area contributed by atoms with Gasteiger partial charge in [0, 0.05) is 70.9 Å². The van der Waals surface area contributed by atoms with Crippen LogP contribution in [0.3, 0.4) is 0 Å². The molecular weight excluding hydrogens is 534 g/mol. The van der Waals surface area contributed by atoms with Crippen LogP contribution in [-0.4, -0.2) is 90.0 Å². The molecule has 236 valence electrons. The summed E-state index contributed by atoms with van der Waals surface area (Å²) in [5.41, 5.74) is 1.76. The fourth-order valence-electron chi connectivity index (χ4n) is 6.84. The topological polar surface area (TPSA) is 90.5 Å². The van der Waals surface area contributed by atoms with Crippen molar-refractivity contribution in [3.63, 3.8) is 0 Å². The van der Waals surface area contributed by atoms with Gasteiger partial charge in [0.25, 0.3) is 0 Å². The fraction of sp³-hybridized carbons (Fsp3) is 0.788. The number of piperidine rings is 1. The lowest BCUT2D eigenvalue weighted by Crippen LogP contribution is -2.54. The van der Waals surface area contributed by atoms with Crippen molar-refractivity contribution in [1.82, 2.24) is 10.6 Å². The van der Waals surface area contributed by atoms with Crippen molar-refractivity contribution in [1.29, 1.82) is 0 Å². The van der Waals surface area contributed by atoms with E-state index in [2.05, 4.69) is 47.6 Å². The van der Waals surface area contributed by atoms with Gasteiger partial charge in [-0.1, -0.05) is 19.9 Å². The minimum Gasteiger partial charge on any atom is -0.483 e. The van der Waals surface area contributed by atoms with Gasteiger partial charge in [0.05, 0.1) is 38.2 Å². The zero-order valence-corrected chi connectivity index (χ0v) is 26.1. The number of carbonyl (C=O) groups is 1. The number of rotatable bonds is 12. The van der Waals surface area contributed by atoms with E-state index in [-0.39, 0.29) is 17.6 Å². The normalized spacial score (nSPS) is 24.7. The highest BCUT2D eigenvalue weighted by Gasteiger charge is 2.41. The number of ether oxygens (including phenoxy) is 5. The summed E-state index contributed by atoms with van der Waals surface area (Å²) in [6.07, 6.45) is 7.91. The van der Waals surface area contributed by atoms with Crippen LogP contribution in [0.2, 0.25) is 0 Å². The Kier molecular flexibility index (Phi) is 11.0. The number of nitrogens with zero attached hydrogens (tertiary/aromatic N) is 1. The van der Waals surface area contributed by atoms with E-state index in [0.717, 1.165) is 122 Å². The first kappa shape index (κ1) is 31.5. The van der Waals surface area contributed by atoms with Gasteiger partial charge in [-0.3, -0.25) is 4.79 Å². The maximum atomic E-state index is 13.0. The summed E-state index contributed by atoms with van der Waals surface area (Å²) in [5.74, 6) is 1.66. The summed E-state index contributed by atoms with van der Waals surface area (Å²) >= 11 is 0. The van der Waals surface area contributed by atoms with Crippen molar-refractivity contribution in [3.8, 4) is 5.75 Å². The summed E-state index contributed by atoms with van der Waals surface area (Å²) in [6.45, 7) is 12.0. The molecule has 2 atom stereocenters. The molecule has 4 heterocycles. The molecule has 3 fully saturated rings. The molecule has 0 unspecified atom stereocenters. The molecule has 2 N–H and O–H groups in total. The van der Waals surface area contributed by atoms with Crippen LogP contribution in [0.4, 0.5) is 5.69 Å². The summed E-state index contributed by atoms with van der Waals surface area (Å²) in [5, 5.41) is 6.88. The Labute approximate surface area is 252 Å². The predicted molar refractivity (Wildman–Crippen MR) is 163 cm³/mol. The van der Waals surface area contributed by atoms with Crippen LogP contribution in [0.5, 0.6) is 5.75 Å². The van der Waals surface area contributed by atoms with E-state index in [0.29, 0.717) is 18.6 Å². The van der Waals surface area contributed by atoms with Gasteiger partial charge < -0.3 is 39.2 Å². The number of amides is 1. The van der Waals surface area contributed by atoms with Crippen LogP contribution in [0, 0.1) is 11.3 Å². The molecule has 0 saturated carbocycles. The standard InChI is InChI=1S/C33H53N3O6/c1-32(2,31(37)35-21-25-9-15-39-16-10-25)20-27-6-7-28(22-34-27)41-23-26-5-8-30-29(19-26)36(13-4-14-38-3)24-33(42-30)11-17-40-18-12-33/h5,8,19,25,27-28,34H,4,6-7,9-18,20-24H2,1-3H3,(H,35,37)/t27-,28+/m0/s1. The van der Waals surface area contributed by atoms with Crippen LogP contribution in [-0.2, 0) is 30.3 Å². The van der Waals surface area contributed by atoms with Crippen molar-refractivity contribution < 1.29 is 28.5 Å². The van der Waals surface area contributed by atoms with Crippen molar-refractivity contribution in [2.24, 2.45) is 11.3 Å². The molecule has 3 saturated heterocycles. The molecule has 1 amide bonds. The van der Waals surface area contributed by atoms with E-state index >= 15 is 0 Å². The Hall–Kier alpha value is -1.91. The molecular formula is C33H53N3O6. The third-order valence-corrected chi connectivity index (χ3v) is 9.57. The maximum Gasteiger partial charge on any atom is 0.225 e. The van der Waals surface area contributed by atoms with Gasteiger partial charge in [-0.15, -0.1) is 0 Å². The largest absolute Gasteiger partial charge is 0.483 e. The van der Waals surface area contributed by atoms with Crippen LogP contribution >= 0.6 is 0 Å². The van der Waals surface area contributed by atoms with Crippen LogP contribution in [0.15, 0.2) is 18.2 Å². The lowest BCUT2D eigenvalue weighted by Gasteiger charge is -2.46. The Balaban J connectivity index is 1.09. The fourth-order valence-corrected chi connectivity index (χ4v) is 6.84. The number of nitrogens with one attached hydrogen (secondary N) is 2. The van der Waals surface area contributed by atoms with E-state index in [4.69, 9.17) is 23.7 Å². The van der Waals surface area contributed by atoms with Gasteiger partial charge in [0.15, 0.2) is 0 Å². The quantitative estimate of drug-likeness (QED) is 0.354. The third-order valence-electron chi connectivity index (χ3n) is 9.57. The molecule has 1 spiro atoms. The highest BCUT2D eigenvalue weighted by molar-refractivity contribution is 5.81. The van der Waals surface area contributed by atoms with E-state index in [9.17, 15) is 4.79 Å². The Bertz CT molecular complexity index is 1000. The molecule has 0 radical (unpaired) electrons. The average molecular weight is 588 g/mol. The van der Waals surface area contributed by atoms with Gasteiger partial charge in [0.2, 0.25) is 5.91 Å². The summed E-state index contributed by atoms with van der Waals surface area (Å²) in [6, 6.07) is 6.84. The highest BCUT2D eigenvalue weighted by atomic mass is 16.5. The number of anilines is 1. The third kappa shape index (κ3) is 8.38. The van der Waals surface area contributed by atoms with Crippen LogP contribution in [0.25, 0.3) is 0 Å². The molecule has 5 rings (SSSR count). The first-order chi connectivity index (χ1) is 20.4. The minimum absolute atomic E-state index is 0.157. The van der Waals surface area contributed by atoms with Gasteiger partial charge in [-0.25, -0.2) is 0 Å². The molecule has 4 aliphatic heterocycles. The SMILES string of the molecule is COCCCN1CC2(CCOCC2)Oc2ccc(CO[C@@H]3CC[C@@H](CC(C)(C)C(=O)NCC4CCOCC4)NC3)cc21. The lowest BCUT2D eigenvalue weighted by atomic mass is 9.82. The van der Waals surface area contributed by atoms with E-state index < -0.39 is 5.41 Å². The molecule has 1 aromatic rings. The van der Waals surface area contributed by atoms with Gasteiger partial charge in [0.1, 0.15) is 11.4 Å². The monoisotopic (exact) mass is 587 g/mol. The molecule has 1 aromatic carbocycles. The zero-order valence-electron chi connectivity index (χ0n) is 26.1. The predicted octanol–water partition coefficient (Wildman–Crippen LogP) is 4.07. The van der Waals surface area contributed by atoms with Crippen molar-refractivity contribution in [2.45, 2.75) is 89.6 Å². The molecule has 0 bridgehead atoms. The second-order valence-electron chi connectivity index (χ2n) is 13.4. The number of benzene rings is 1. The second kappa shape index (κ2) is 14.7. The Morgan fingerprint density at radius 3 is 2.64 bits per heavy atom. The van der Waals surface area contributed by atoms with Crippen LogP contribution in [0.1, 0.15) is 70.8 Å². The smallest absolute Gasteiger partial charge is 0.225 e. The number of methoxy groups -OCH3 is 1. The first-order valence-electron chi connectivity index (χ1n) is 16.2. The minimum atomic E-state index is -0.403. The van der Waals surface area contributed by atoms with E-state index in [1.54, 1.807) is 7.11 Å². The summed E-state index contributed by atoms with van der Waals surface area (Å²) in [4.78, 5) is 15.4. The average Bonchev–Trinajstić information content (AvgIpc) is 3.00. The van der Waals surface area contributed by atoms with Crippen molar-refractivity contribution in [2.75, 3.05) is 71.2 Å². The van der Waals surface area contributed by atoms with Crippen molar-refractivity contribution >= 4 is 11.6 Å².